The maximum Gasteiger partial charge on any atom is 0.430 e. The van der Waals surface area contributed by atoms with E-state index in [9.17, 15) is 18.0 Å². The van der Waals surface area contributed by atoms with Gasteiger partial charge in [-0.3, -0.25) is 5.32 Å². The number of aryl methyl sites for hydroxylation is 1. The number of para-hydroxylation sites is 1. The largest absolute Gasteiger partial charge is 0.430 e. The fraction of sp³-hybridized carbons (Fsp3) is 0.417. The van der Waals surface area contributed by atoms with E-state index in [4.69, 9.17) is 9.68 Å². The summed E-state index contributed by atoms with van der Waals surface area (Å²) in [6.07, 6.45) is -1.41. The van der Waals surface area contributed by atoms with Crippen LogP contribution in [-0.2, 0) is 22.3 Å². The normalized spacial score (nSPS) is 18.0. The summed E-state index contributed by atoms with van der Waals surface area (Å²) >= 11 is 0. The van der Waals surface area contributed by atoms with Crippen molar-refractivity contribution >= 4 is 17.5 Å². The molecule has 4 rings (SSSR count). The minimum Gasteiger partial charge on any atom is -0.388 e. The molecule has 1 N–H and O–H groups in total. The van der Waals surface area contributed by atoms with Gasteiger partial charge in [-0.2, -0.15) is 13.2 Å². The number of amides is 1. The number of anilines is 1. The molecule has 0 bridgehead atoms. The number of hydrogen-bond donors (Lipinski definition) is 1. The van der Waals surface area contributed by atoms with Crippen molar-refractivity contribution in [3.8, 4) is 0 Å². The van der Waals surface area contributed by atoms with E-state index in [1.165, 1.54) is 12.1 Å². The van der Waals surface area contributed by atoms with Gasteiger partial charge in [0, 0.05) is 38.0 Å². The molecule has 2 aromatic carbocycles. The molecular weight excluding hydrogens is 435 g/mol. The summed E-state index contributed by atoms with van der Waals surface area (Å²) in [4.78, 5) is 23.6. The number of halogens is 3. The molecular formula is C24H26F3N3O3. The lowest BCUT2D eigenvalue weighted by Gasteiger charge is -2.35. The number of benzene rings is 2. The molecule has 33 heavy (non-hydrogen) atoms. The molecule has 0 atom stereocenters. The quantitative estimate of drug-likeness (QED) is 0.613. The van der Waals surface area contributed by atoms with Crippen molar-refractivity contribution in [2.24, 2.45) is 5.16 Å². The molecule has 2 aromatic rings. The first-order valence-electron chi connectivity index (χ1n) is 11.0. The molecule has 1 saturated heterocycles. The van der Waals surface area contributed by atoms with Crippen molar-refractivity contribution < 1.29 is 27.6 Å². The average Bonchev–Trinajstić information content (AvgIpc) is 3.20. The second-order valence-electron chi connectivity index (χ2n) is 8.40. The van der Waals surface area contributed by atoms with E-state index in [1.807, 2.05) is 24.3 Å². The Kier molecular flexibility index (Phi) is 6.60. The molecule has 176 valence electrons. The topological polar surface area (TPSA) is 63.2 Å². The molecule has 6 nitrogen and oxygen atoms in total. The van der Waals surface area contributed by atoms with Crippen LogP contribution in [0, 0.1) is 0 Å². The number of rotatable bonds is 5. The highest BCUT2D eigenvalue weighted by atomic mass is 19.4. The van der Waals surface area contributed by atoms with Gasteiger partial charge in [0.15, 0.2) is 0 Å². The van der Waals surface area contributed by atoms with E-state index in [1.54, 1.807) is 5.06 Å². The number of hydroxylamine groups is 2. The number of nitrogens with zero attached hydrogens (tertiary/aromatic N) is 2. The SMILES string of the molecule is CCCc1ccccc1NC(=O)ON1CCC2(CC1)CC(c1ccc(C(F)(F)F)cc1)=NO2. The summed E-state index contributed by atoms with van der Waals surface area (Å²) in [5.74, 6) is 0. The Balaban J connectivity index is 1.28. The summed E-state index contributed by atoms with van der Waals surface area (Å²) in [5.41, 5.74) is 1.82. The van der Waals surface area contributed by atoms with Crippen LogP contribution in [0.3, 0.4) is 0 Å². The summed E-state index contributed by atoms with van der Waals surface area (Å²) in [7, 11) is 0. The van der Waals surface area contributed by atoms with Crippen LogP contribution in [0.5, 0.6) is 0 Å². The molecule has 1 amide bonds. The number of alkyl halides is 3. The van der Waals surface area contributed by atoms with Gasteiger partial charge in [0.05, 0.1) is 11.3 Å². The highest BCUT2D eigenvalue weighted by Gasteiger charge is 2.43. The molecule has 1 spiro atoms. The first-order chi connectivity index (χ1) is 15.8. The zero-order valence-corrected chi connectivity index (χ0v) is 18.3. The molecule has 0 saturated carbocycles. The van der Waals surface area contributed by atoms with E-state index >= 15 is 0 Å². The molecule has 0 radical (unpaired) electrons. The molecule has 1 fully saturated rings. The van der Waals surface area contributed by atoms with Gasteiger partial charge in [0.25, 0.3) is 0 Å². The molecule has 0 aliphatic carbocycles. The van der Waals surface area contributed by atoms with Crippen molar-refractivity contribution in [3.63, 3.8) is 0 Å². The van der Waals surface area contributed by atoms with Crippen molar-refractivity contribution in [3.05, 3.63) is 65.2 Å². The molecule has 0 unspecified atom stereocenters. The fourth-order valence-electron chi connectivity index (χ4n) is 4.16. The van der Waals surface area contributed by atoms with Crippen molar-refractivity contribution in [2.45, 2.75) is 50.8 Å². The van der Waals surface area contributed by atoms with E-state index in [0.29, 0.717) is 43.6 Å². The monoisotopic (exact) mass is 461 g/mol. The third-order valence-electron chi connectivity index (χ3n) is 6.00. The lowest BCUT2D eigenvalue weighted by molar-refractivity contribution is -0.154. The van der Waals surface area contributed by atoms with Gasteiger partial charge < -0.3 is 9.68 Å². The van der Waals surface area contributed by atoms with Gasteiger partial charge in [-0.15, -0.1) is 5.06 Å². The molecule has 2 aliphatic rings. The highest BCUT2D eigenvalue weighted by molar-refractivity contribution is 6.01. The number of hydrogen-bond acceptors (Lipinski definition) is 5. The van der Waals surface area contributed by atoms with E-state index in [-0.39, 0.29) is 0 Å². The Morgan fingerprint density at radius 1 is 1.15 bits per heavy atom. The Morgan fingerprint density at radius 2 is 1.85 bits per heavy atom. The van der Waals surface area contributed by atoms with Crippen LogP contribution >= 0.6 is 0 Å². The van der Waals surface area contributed by atoms with E-state index < -0.39 is 23.4 Å². The van der Waals surface area contributed by atoms with Gasteiger partial charge in [-0.05, 0) is 35.7 Å². The number of carbonyl (C=O) groups is 1. The van der Waals surface area contributed by atoms with Gasteiger partial charge >= 0.3 is 12.3 Å². The van der Waals surface area contributed by atoms with Gasteiger partial charge in [0.1, 0.15) is 5.60 Å². The smallest absolute Gasteiger partial charge is 0.388 e. The average molecular weight is 461 g/mol. The Morgan fingerprint density at radius 3 is 2.52 bits per heavy atom. The lowest BCUT2D eigenvalue weighted by atomic mass is 9.86. The highest BCUT2D eigenvalue weighted by Crippen LogP contribution is 2.37. The summed E-state index contributed by atoms with van der Waals surface area (Å²) in [6, 6.07) is 12.6. The third-order valence-corrected chi connectivity index (χ3v) is 6.00. The Hall–Kier alpha value is -3.07. The number of piperidine rings is 1. The minimum absolute atomic E-state index is 0.472. The predicted molar refractivity (Wildman–Crippen MR) is 118 cm³/mol. The van der Waals surface area contributed by atoms with Gasteiger partial charge in [-0.25, -0.2) is 4.79 Å². The summed E-state index contributed by atoms with van der Waals surface area (Å²) in [5, 5.41) is 8.55. The van der Waals surface area contributed by atoms with Crippen LogP contribution < -0.4 is 5.32 Å². The second kappa shape index (κ2) is 9.43. The van der Waals surface area contributed by atoms with Gasteiger partial charge in [0.2, 0.25) is 0 Å². The maximum absolute atomic E-state index is 12.8. The first kappa shape index (κ1) is 23.1. The Bertz CT molecular complexity index is 1010. The first-order valence-corrected chi connectivity index (χ1v) is 11.0. The molecule has 9 heteroatoms. The van der Waals surface area contributed by atoms with Crippen LogP contribution in [0.15, 0.2) is 53.7 Å². The van der Waals surface area contributed by atoms with Crippen molar-refractivity contribution in [1.29, 1.82) is 0 Å². The molecule has 2 aliphatic heterocycles. The molecule has 2 heterocycles. The maximum atomic E-state index is 12.8. The number of nitrogens with one attached hydrogen (secondary N) is 1. The van der Waals surface area contributed by atoms with Crippen LogP contribution in [0.25, 0.3) is 0 Å². The zero-order valence-electron chi connectivity index (χ0n) is 18.3. The standard InChI is InChI=1S/C24H26F3N3O3/c1-2-5-17-6-3-4-7-20(17)28-22(31)32-30-14-12-23(13-15-30)16-21(29-33-23)18-8-10-19(11-9-18)24(25,26)27/h3-4,6-11H,2,5,12-16H2,1H3,(H,28,31). The second-order valence-corrected chi connectivity index (χ2v) is 8.40. The Labute approximate surface area is 190 Å². The summed E-state index contributed by atoms with van der Waals surface area (Å²) < 4.78 is 38.4. The minimum atomic E-state index is -4.37. The predicted octanol–water partition coefficient (Wildman–Crippen LogP) is 5.78. The fourth-order valence-corrected chi connectivity index (χ4v) is 4.16. The molecule has 0 aromatic heterocycles. The van der Waals surface area contributed by atoms with Crippen LogP contribution in [0.4, 0.5) is 23.7 Å². The van der Waals surface area contributed by atoms with Crippen molar-refractivity contribution in [2.75, 3.05) is 18.4 Å². The number of carbonyl (C=O) groups excluding carboxylic acids is 1. The van der Waals surface area contributed by atoms with E-state index in [0.717, 1.165) is 36.2 Å². The summed E-state index contributed by atoms with van der Waals surface area (Å²) in [6.45, 7) is 3.02. The van der Waals surface area contributed by atoms with Gasteiger partial charge in [-0.1, -0.05) is 48.8 Å². The van der Waals surface area contributed by atoms with Crippen LogP contribution in [-0.4, -0.2) is 35.6 Å². The van der Waals surface area contributed by atoms with Crippen molar-refractivity contribution in [1.82, 2.24) is 5.06 Å². The van der Waals surface area contributed by atoms with E-state index in [2.05, 4.69) is 17.4 Å². The zero-order chi connectivity index (χ0) is 23.5. The lowest BCUT2D eigenvalue weighted by Crippen LogP contribution is -2.45. The van der Waals surface area contributed by atoms with Crippen LogP contribution in [0.1, 0.15) is 49.3 Å². The number of oxime groups is 1. The third kappa shape index (κ3) is 5.47. The van der Waals surface area contributed by atoms with Crippen LogP contribution in [0.2, 0.25) is 0 Å².